The molecular weight excluding hydrogens is 452 g/mol. The van der Waals surface area contributed by atoms with Crippen LogP contribution in [0.2, 0.25) is 5.02 Å². The topological polar surface area (TPSA) is 72.2 Å². The molecule has 4 rings (SSSR count). The summed E-state index contributed by atoms with van der Waals surface area (Å²) in [7, 11) is 0. The number of halogens is 5. The molecule has 0 radical (unpaired) electrons. The van der Waals surface area contributed by atoms with Crippen LogP contribution in [0.1, 0.15) is 26.3 Å². The molecule has 0 bridgehead atoms. The van der Waals surface area contributed by atoms with Gasteiger partial charge in [0, 0.05) is 10.9 Å². The molecule has 0 atom stereocenters. The Morgan fingerprint density at radius 2 is 1.72 bits per heavy atom. The third-order valence-corrected chi connectivity index (χ3v) is 5.10. The number of hydrogen-bond donors (Lipinski definition) is 1. The number of aromatic carboxylic acids is 1. The summed E-state index contributed by atoms with van der Waals surface area (Å²) in [4.78, 5) is 24.2. The van der Waals surface area contributed by atoms with E-state index in [9.17, 15) is 27.2 Å². The molecule has 0 aliphatic rings. The Bertz CT molecular complexity index is 1400. The summed E-state index contributed by atoms with van der Waals surface area (Å²) in [6.07, 6.45) is -4.84. The maximum atomic E-state index is 14.2. The molecule has 0 amide bonds. The predicted octanol–water partition coefficient (Wildman–Crippen LogP) is 5.90. The third-order valence-electron chi connectivity index (χ3n) is 4.79. The van der Waals surface area contributed by atoms with Crippen molar-refractivity contribution in [1.29, 1.82) is 0 Å². The van der Waals surface area contributed by atoms with Crippen LogP contribution in [0.3, 0.4) is 0 Å². The van der Waals surface area contributed by atoms with Crippen molar-refractivity contribution < 1.29 is 32.3 Å². The lowest BCUT2D eigenvalue weighted by Gasteiger charge is -2.13. The van der Waals surface area contributed by atoms with Gasteiger partial charge in [0.25, 0.3) is 5.91 Å². The molecule has 10 heteroatoms. The van der Waals surface area contributed by atoms with Gasteiger partial charge in [0.1, 0.15) is 11.5 Å². The predicted molar refractivity (Wildman–Crippen MR) is 108 cm³/mol. The van der Waals surface area contributed by atoms with Crippen LogP contribution in [0.5, 0.6) is 0 Å². The average molecular weight is 463 g/mol. The lowest BCUT2D eigenvalue weighted by Crippen LogP contribution is -2.20. The van der Waals surface area contributed by atoms with E-state index in [1.165, 1.54) is 12.1 Å². The largest absolute Gasteiger partial charge is 0.478 e. The van der Waals surface area contributed by atoms with Crippen LogP contribution in [0.15, 0.2) is 60.7 Å². The molecule has 5 nitrogen and oxygen atoms in total. The van der Waals surface area contributed by atoms with Crippen LogP contribution in [0, 0.1) is 5.82 Å². The van der Waals surface area contributed by atoms with Gasteiger partial charge in [-0.15, -0.1) is 0 Å². The summed E-state index contributed by atoms with van der Waals surface area (Å²) in [5.74, 6) is -3.60. The minimum absolute atomic E-state index is 0.0883. The van der Waals surface area contributed by atoms with Crippen molar-refractivity contribution in [1.82, 2.24) is 9.78 Å². The highest BCUT2D eigenvalue weighted by Crippen LogP contribution is 2.36. The number of hydrogen-bond acceptors (Lipinski definition) is 3. The van der Waals surface area contributed by atoms with Crippen LogP contribution < -0.4 is 0 Å². The number of carbonyl (C=O) groups is 2. The summed E-state index contributed by atoms with van der Waals surface area (Å²) in [6.45, 7) is 0. The van der Waals surface area contributed by atoms with E-state index >= 15 is 0 Å². The van der Waals surface area contributed by atoms with Crippen molar-refractivity contribution in [2.24, 2.45) is 0 Å². The molecule has 0 saturated heterocycles. The van der Waals surface area contributed by atoms with Gasteiger partial charge in [-0.3, -0.25) is 4.79 Å². The Hall–Kier alpha value is -3.72. The summed E-state index contributed by atoms with van der Waals surface area (Å²) in [6, 6.07) is 12.5. The van der Waals surface area contributed by atoms with Crippen molar-refractivity contribution in [2.45, 2.75) is 6.18 Å². The van der Waals surface area contributed by atoms with E-state index in [-0.39, 0.29) is 16.8 Å². The van der Waals surface area contributed by atoms with Crippen LogP contribution >= 0.6 is 11.6 Å². The zero-order chi connectivity index (χ0) is 23.2. The van der Waals surface area contributed by atoms with Crippen LogP contribution in [-0.4, -0.2) is 26.8 Å². The zero-order valence-electron chi connectivity index (χ0n) is 15.8. The number of fused-ring (bicyclic) bond motifs is 1. The lowest BCUT2D eigenvalue weighted by molar-refractivity contribution is -0.137. The number of carboxylic acid groups (broad SMARTS) is 1. The normalized spacial score (nSPS) is 11.7. The van der Waals surface area contributed by atoms with Crippen molar-refractivity contribution in [3.8, 4) is 11.3 Å². The molecular formula is C22H11ClF4N2O3. The van der Waals surface area contributed by atoms with Crippen molar-refractivity contribution in [3.63, 3.8) is 0 Å². The molecule has 0 fully saturated rings. The fraction of sp³-hybridized carbons (Fsp3) is 0.0455. The summed E-state index contributed by atoms with van der Waals surface area (Å²) in [5.41, 5.74) is -2.14. The molecule has 1 N–H and O–H groups in total. The van der Waals surface area contributed by atoms with Crippen LogP contribution in [-0.2, 0) is 6.18 Å². The van der Waals surface area contributed by atoms with E-state index in [1.54, 1.807) is 18.2 Å². The lowest BCUT2D eigenvalue weighted by atomic mass is 10.0. The van der Waals surface area contributed by atoms with Gasteiger partial charge in [0.2, 0.25) is 0 Å². The molecule has 0 unspecified atom stereocenters. The summed E-state index contributed by atoms with van der Waals surface area (Å²) < 4.78 is 55.5. The summed E-state index contributed by atoms with van der Waals surface area (Å²) in [5, 5.41) is 13.1. The van der Waals surface area contributed by atoms with E-state index in [0.29, 0.717) is 5.39 Å². The van der Waals surface area contributed by atoms with Crippen molar-refractivity contribution in [2.75, 3.05) is 0 Å². The molecule has 162 valence electrons. The van der Waals surface area contributed by atoms with E-state index in [1.807, 2.05) is 0 Å². The Balaban J connectivity index is 1.94. The molecule has 0 saturated carbocycles. The van der Waals surface area contributed by atoms with Crippen LogP contribution in [0.4, 0.5) is 17.6 Å². The van der Waals surface area contributed by atoms with Gasteiger partial charge in [0.15, 0.2) is 0 Å². The maximum absolute atomic E-state index is 14.2. The Kier molecular flexibility index (Phi) is 5.21. The minimum atomic E-state index is -4.84. The van der Waals surface area contributed by atoms with E-state index in [4.69, 9.17) is 16.7 Å². The number of alkyl halides is 3. The Morgan fingerprint density at radius 3 is 2.38 bits per heavy atom. The zero-order valence-corrected chi connectivity index (χ0v) is 16.6. The smallest absolute Gasteiger partial charge is 0.417 e. The van der Waals surface area contributed by atoms with Gasteiger partial charge in [-0.2, -0.15) is 23.0 Å². The quantitative estimate of drug-likeness (QED) is 0.385. The van der Waals surface area contributed by atoms with E-state index < -0.39 is 45.6 Å². The molecule has 3 aromatic carbocycles. The number of rotatable bonds is 3. The number of para-hydroxylation sites is 1. The highest BCUT2D eigenvalue weighted by Gasteiger charge is 2.37. The first-order valence-electron chi connectivity index (χ1n) is 9.01. The van der Waals surface area contributed by atoms with Gasteiger partial charge >= 0.3 is 12.1 Å². The molecule has 0 aliphatic heterocycles. The van der Waals surface area contributed by atoms with Gasteiger partial charge < -0.3 is 5.11 Å². The fourth-order valence-electron chi connectivity index (χ4n) is 3.35. The second kappa shape index (κ2) is 7.76. The molecule has 1 heterocycles. The molecule has 0 spiro atoms. The highest BCUT2D eigenvalue weighted by atomic mass is 35.5. The van der Waals surface area contributed by atoms with E-state index in [2.05, 4.69) is 5.10 Å². The Labute approximate surface area is 182 Å². The molecule has 32 heavy (non-hydrogen) atoms. The molecule has 0 aliphatic carbocycles. The van der Waals surface area contributed by atoms with E-state index in [0.717, 1.165) is 35.0 Å². The summed E-state index contributed by atoms with van der Waals surface area (Å²) >= 11 is 5.96. The average Bonchev–Trinajstić information content (AvgIpc) is 3.12. The number of aromatic nitrogens is 2. The number of carbonyl (C=O) groups excluding carboxylic acids is 1. The molecule has 1 aromatic heterocycles. The van der Waals surface area contributed by atoms with Crippen molar-refractivity contribution in [3.05, 3.63) is 88.2 Å². The first-order chi connectivity index (χ1) is 15.1. The molecule has 4 aromatic rings. The number of carboxylic acids is 1. The van der Waals surface area contributed by atoms with Crippen molar-refractivity contribution >= 4 is 34.4 Å². The fourth-order valence-corrected chi connectivity index (χ4v) is 3.61. The third kappa shape index (κ3) is 3.60. The SMILES string of the molecule is O=C(O)c1ccc(-c2nn(C(=O)c3c(Cl)cccc3C(F)(F)F)c3ccccc23)cc1F. The second-order valence-corrected chi connectivity index (χ2v) is 7.15. The van der Waals surface area contributed by atoms with Gasteiger partial charge in [-0.25, -0.2) is 9.18 Å². The Morgan fingerprint density at radius 1 is 1.00 bits per heavy atom. The first-order valence-corrected chi connectivity index (χ1v) is 9.38. The van der Waals surface area contributed by atoms with Gasteiger partial charge in [0.05, 0.1) is 27.2 Å². The minimum Gasteiger partial charge on any atom is -0.478 e. The standard InChI is InChI=1S/C22H11ClF4N2O3/c23-15-6-3-5-14(22(25,26)27)18(15)20(30)29-17-7-2-1-4-13(17)19(28-29)11-8-9-12(21(31)32)16(24)10-11/h1-10H,(H,31,32). The number of benzene rings is 3. The monoisotopic (exact) mass is 462 g/mol. The first kappa shape index (κ1) is 21.5. The highest BCUT2D eigenvalue weighted by molar-refractivity contribution is 6.34. The maximum Gasteiger partial charge on any atom is 0.417 e. The van der Waals surface area contributed by atoms with Gasteiger partial charge in [-0.1, -0.05) is 41.9 Å². The second-order valence-electron chi connectivity index (χ2n) is 6.74. The number of nitrogens with zero attached hydrogens (tertiary/aromatic N) is 2. The van der Waals surface area contributed by atoms with Gasteiger partial charge in [-0.05, 0) is 30.3 Å². The van der Waals surface area contributed by atoms with Crippen LogP contribution in [0.25, 0.3) is 22.2 Å².